The highest BCUT2D eigenvalue weighted by Crippen LogP contribution is 2.44. The predicted octanol–water partition coefficient (Wildman–Crippen LogP) is 3.14. The van der Waals surface area contributed by atoms with E-state index in [0.717, 1.165) is 17.9 Å². The van der Waals surface area contributed by atoms with Gasteiger partial charge in [-0.25, -0.2) is 0 Å². The summed E-state index contributed by atoms with van der Waals surface area (Å²) < 4.78 is 0. The number of nitrogens with zero attached hydrogens (tertiary/aromatic N) is 1. The average Bonchev–Trinajstić information content (AvgIpc) is 3.35. The minimum absolute atomic E-state index is 0.389. The Labute approximate surface area is 126 Å². The maximum absolute atomic E-state index is 3.91. The first kappa shape index (κ1) is 13.3. The van der Waals surface area contributed by atoms with Crippen LogP contribution in [0, 0.1) is 11.8 Å². The topological polar surface area (TPSA) is 15.3 Å². The van der Waals surface area contributed by atoms with E-state index in [1.165, 1.54) is 57.3 Å². The van der Waals surface area contributed by atoms with Gasteiger partial charge in [-0.1, -0.05) is 0 Å². The lowest BCUT2D eigenvalue weighted by atomic mass is 9.89. The zero-order valence-corrected chi connectivity index (χ0v) is 13.3. The van der Waals surface area contributed by atoms with Crippen LogP contribution in [0.15, 0.2) is 16.8 Å². The third kappa shape index (κ3) is 2.68. The van der Waals surface area contributed by atoms with E-state index in [1.807, 2.05) is 11.3 Å². The third-order valence-electron chi connectivity index (χ3n) is 5.63. The smallest absolute Gasteiger partial charge is 0.0309 e. The molecule has 2 nitrogen and oxygen atoms in total. The molecule has 20 heavy (non-hydrogen) atoms. The minimum atomic E-state index is 0.389. The highest BCUT2D eigenvalue weighted by atomic mass is 32.1. The van der Waals surface area contributed by atoms with Crippen LogP contribution in [0.2, 0.25) is 0 Å². The van der Waals surface area contributed by atoms with Crippen molar-refractivity contribution in [3.63, 3.8) is 0 Å². The molecule has 2 saturated carbocycles. The lowest BCUT2D eigenvalue weighted by Gasteiger charge is -2.47. The van der Waals surface area contributed by atoms with Crippen molar-refractivity contribution < 1.29 is 0 Å². The highest BCUT2D eigenvalue weighted by Gasteiger charge is 2.48. The Balaban J connectivity index is 1.43. The molecule has 3 heteroatoms. The second kappa shape index (κ2) is 5.11. The van der Waals surface area contributed by atoms with Gasteiger partial charge in [-0.2, -0.15) is 11.3 Å². The van der Waals surface area contributed by atoms with Crippen molar-refractivity contribution in [2.45, 2.75) is 50.6 Å². The van der Waals surface area contributed by atoms with Crippen LogP contribution < -0.4 is 5.32 Å². The second-order valence-corrected chi connectivity index (χ2v) is 8.11. The number of nitrogens with one attached hydrogen (secondary N) is 1. The molecule has 2 atom stereocenters. The van der Waals surface area contributed by atoms with Crippen molar-refractivity contribution in [1.82, 2.24) is 10.2 Å². The van der Waals surface area contributed by atoms with Crippen molar-refractivity contribution in [1.29, 1.82) is 0 Å². The Kier molecular flexibility index (Phi) is 3.40. The summed E-state index contributed by atoms with van der Waals surface area (Å²) in [4.78, 5) is 2.82. The Morgan fingerprint density at radius 2 is 2.20 bits per heavy atom. The quantitative estimate of drug-likeness (QED) is 0.896. The van der Waals surface area contributed by atoms with Crippen molar-refractivity contribution in [2.24, 2.45) is 11.8 Å². The molecule has 2 heterocycles. The summed E-state index contributed by atoms with van der Waals surface area (Å²) in [5.74, 6) is 1.92. The molecule has 1 aromatic rings. The first-order valence-corrected chi connectivity index (χ1v) is 9.19. The normalized spacial score (nSPS) is 35.4. The number of hydrogen-bond donors (Lipinski definition) is 1. The number of piperazine rings is 1. The van der Waals surface area contributed by atoms with Crippen molar-refractivity contribution in [2.75, 3.05) is 19.6 Å². The molecule has 0 spiro atoms. The standard InChI is InChI=1S/C17H26N2S/c1-17(15-4-5-15)12-19(8-6-13-7-9-20-11-13)16(10-18-17)14-2-3-14/h7,9,11,14-16,18H,2-6,8,10,12H2,1H3. The zero-order chi connectivity index (χ0) is 13.6. The summed E-state index contributed by atoms with van der Waals surface area (Å²) in [5, 5.41) is 8.43. The van der Waals surface area contributed by atoms with Gasteiger partial charge in [0, 0.05) is 31.2 Å². The Morgan fingerprint density at radius 3 is 2.85 bits per heavy atom. The van der Waals surface area contributed by atoms with Crippen molar-refractivity contribution >= 4 is 11.3 Å². The van der Waals surface area contributed by atoms with Crippen LogP contribution in [-0.4, -0.2) is 36.1 Å². The lowest BCUT2D eigenvalue weighted by Crippen LogP contribution is -2.64. The summed E-state index contributed by atoms with van der Waals surface area (Å²) in [5.41, 5.74) is 1.91. The lowest BCUT2D eigenvalue weighted by molar-refractivity contribution is 0.0652. The Bertz CT molecular complexity index is 450. The number of hydrogen-bond acceptors (Lipinski definition) is 3. The molecule has 3 aliphatic rings. The van der Waals surface area contributed by atoms with E-state index in [9.17, 15) is 0 Å². The van der Waals surface area contributed by atoms with Gasteiger partial charge in [0.15, 0.2) is 0 Å². The number of thiophene rings is 1. The van der Waals surface area contributed by atoms with Gasteiger partial charge >= 0.3 is 0 Å². The SMILES string of the molecule is CC1(C2CC2)CN(CCc2ccsc2)C(C2CC2)CN1. The Morgan fingerprint density at radius 1 is 1.35 bits per heavy atom. The summed E-state index contributed by atoms with van der Waals surface area (Å²) >= 11 is 1.83. The zero-order valence-electron chi connectivity index (χ0n) is 12.5. The van der Waals surface area contributed by atoms with Crippen LogP contribution in [0.4, 0.5) is 0 Å². The second-order valence-electron chi connectivity index (χ2n) is 7.33. The monoisotopic (exact) mass is 290 g/mol. The van der Waals surface area contributed by atoms with E-state index < -0.39 is 0 Å². The molecule has 110 valence electrons. The molecule has 1 aromatic heterocycles. The molecule has 1 N–H and O–H groups in total. The van der Waals surface area contributed by atoms with Crippen LogP contribution in [0.25, 0.3) is 0 Å². The van der Waals surface area contributed by atoms with Crippen LogP contribution in [0.3, 0.4) is 0 Å². The van der Waals surface area contributed by atoms with E-state index in [1.54, 1.807) is 0 Å². The molecule has 4 rings (SSSR count). The summed E-state index contributed by atoms with van der Waals surface area (Å²) in [6, 6.07) is 3.10. The molecule has 0 aromatic carbocycles. The summed E-state index contributed by atoms with van der Waals surface area (Å²) in [6.45, 7) is 6.21. The van der Waals surface area contributed by atoms with Gasteiger partial charge in [-0.3, -0.25) is 4.90 Å². The van der Waals surface area contributed by atoms with E-state index in [0.29, 0.717) is 5.54 Å². The minimum Gasteiger partial charge on any atom is -0.308 e. The van der Waals surface area contributed by atoms with E-state index in [-0.39, 0.29) is 0 Å². The summed E-state index contributed by atoms with van der Waals surface area (Å²) in [7, 11) is 0. The van der Waals surface area contributed by atoms with Crippen LogP contribution in [-0.2, 0) is 6.42 Å². The van der Waals surface area contributed by atoms with Gasteiger partial charge in [-0.05, 0) is 73.3 Å². The maximum Gasteiger partial charge on any atom is 0.0309 e. The molecule has 2 unspecified atom stereocenters. The van der Waals surface area contributed by atoms with E-state index >= 15 is 0 Å². The molecular formula is C17H26N2S. The third-order valence-corrected chi connectivity index (χ3v) is 6.36. The number of rotatable bonds is 5. The maximum atomic E-state index is 3.91. The first-order chi connectivity index (χ1) is 9.74. The molecule has 2 aliphatic carbocycles. The van der Waals surface area contributed by atoms with Gasteiger partial charge in [-0.15, -0.1) is 0 Å². The average molecular weight is 290 g/mol. The van der Waals surface area contributed by atoms with E-state index in [4.69, 9.17) is 0 Å². The molecule has 0 amide bonds. The fourth-order valence-corrected chi connectivity index (χ4v) is 4.66. The molecule has 0 radical (unpaired) electrons. The molecule has 3 fully saturated rings. The summed E-state index contributed by atoms with van der Waals surface area (Å²) in [6.07, 6.45) is 7.03. The van der Waals surface area contributed by atoms with E-state index in [2.05, 4.69) is 34.0 Å². The molecule has 0 bridgehead atoms. The van der Waals surface area contributed by atoms with Crippen LogP contribution in [0.5, 0.6) is 0 Å². The van der Waals surface area contributed by atoms with Crippen molar-refractivity contribution in [3.05, 3.63) is 22.4 Å². The fraction of sp³-hybridized carbons (Fsp3) is 0.765. The van der Waals surface area contributed by atoms with Crippen LogP contribution >= 0.6 is 11.3 Å². The molecular weight excluding hydrogens is 264 g/mol. The highest BCUT2D eigenvalue weighted by molar-refractivity contribution is 7.07. The van der Waals surface area contributed by atoms with Gasteiger partial charge in [0.25, 0.3) is 0 Å². The predicted molar refractivity (Wildman–Crippen MR) is 85.2 cm³/mol. The van der Waals surface area contributed by atoms with Gasteiger partial charge in [0.2, 0.25) is 0 Å². The van der Waals surface area contributed by atoms with Gasteiger partial charge < -0.3 is 5.32 Å². The van der Waals surface area contributed by atoms with Crippen molar-refractivity contribution in [3.8, 4) is 0 Å². The first-order valence-electron chi connectivity index (χ1n) is 8.25. The largest absolute Gasteiger partial charge is 0.308 e. The molecule has 1 saturated heterocycles. The van der Waals surface area contributed by atoms with Gasteiger partial charge in [0.05, 0.1) is 0 Å². The van der Waals surface area contributed by atoms with Gasteiger partial charge in [0.1, 0.15) is 0 Å². The van der Waals surface area contributed by atoms with Crippen LogP contribution in [0.1, 0.15) is 38.2 Å². The fourth-order valence-electron chi connectivity index (χ4n) is 3.95. The Hall–Kier alpha value is -0.380. The molecule has 1 aliphatic heterocycles.